The first-order chi connectivity index (χ1) is 13.3. The number of benzene rings is 2. The molecule has 0 radical (unpaired) electrons. The molecule has 0 saturated heterocycles. The molecule has 6 heteroatoms. The second kappa shape index (κ2) is 11.4. The van der Waals surface area contributed by atoms with Crippen LogP contribution in [0.1, 0.15) is 30.9 Å². The van der Waals surface area contributed by atoms with E-state index in [0.717, 1.165) is 43.1 Å². The largest absolute Gasteiger partial charge is 0.493 e. The van der Waals surface area contributed by atoms with Crippen LogP contribution in [0.15, 0.2) is 61.2 Å². The number of hydrogen-bond acceptors (Lipinski definition) is 4. The van der Waals surface area contributed by atoms with Gasteiger partial charge in [0.2, 0.25) is 0 Å². The van der Waals surface area contributed by atoms with Gasteiger partial charge < -0.3 is 19.4 Å². The van der Waals surface area contributed by atoms with E-state index in [1.165, 1.54) is 11.1 Å². The van der Waals surface area contributed by atoms with Crippen LogP contribution >= 0.6 is 12.4 Å². The van der Waals surface area contributed by atoms with Crippen LogP contribution in [0.4, 0.5) is 0 Å². The van der Waals surface area contributed by atoms with Crippen molar-refractivity contribution in [1.82, 2.24) is 14.9 Å². The molecule has 5 nitrogen and oxygen atoms in total. The van der Waals surface area contributed by atoms with E-state index in [2.05, 4.69) is 53.6 Å². The molecule has 0 aliphatic rings. The smallest absolute Gasteiger partial charge is 0.161 e. The normalized spacial score (nSPS) is 10.4. The van der Waals surface area contributed by atoms with E-state index in [9.17, 15) is 0 Å². The molecular formula is C22H28ClN3O2. The van der Waals surface area contributed by atoms with Gasteiger partial charge in [0, 0.05) is 31.2 Å². The third kappa shape index (κ3) is 6.01. The topological polar surface area (TPSA) is 48.3 Å². The minimum absolute atomic E-state index is 0. The van der Waals surface area contributed by atoms with E-state index >= 15 is 0 Å². The molecule has 1 aromatic heterocycles. The number of unbranched alkanes of at least 4 members (excludes halogenated alkanes) is 1. The van der Waals surface area contributed by atoms with E-state index in [4.69, 9.17) is 9.47 Å². The van der Waals surface area contributed by atoms with Crippen LogP contribution in [-0.2, 0) is 13.1 Å². The molecule has 0 aliphatic heterocycles. The summed E-state index contributed by atoms with van der Waals surface area (Å²) < 4.78 is 13.3. The number of aromatic nitrogens is 2. The molecule has 2 aromatic carbocycles. The summed E-state index contributed by atoms with van der Waals surface area (Å²) in [6.07, 6.45) is 7.68. The molecule has 0 amide bonds. The summed E-state index contributed by atoms with van der Waals surface area (Å²) in [6.45, 7) is 4.45. The zero-order chi connectivity index (χ0) is 18.9. The van der Waals surface area contributed by atoms with E-state index < -0.39 is 0 Å². The van der Waals surface area contributed by atoms with Gasteiger partial charge in [-0.2, -0.15) is 0 Å². The molecule has 0 spiro atoms. The SMILES string of the molecule is CCCCOc1cc(CNCc2ccc(-n3ccnc3)cc2)ccc1OC.Cl. The summed E-state index contributed by atoms with van der Waals surface area (Å²) in [5.41, 5.74) is 3.53. The summed E-state index contributed by atoms with van der Waals surface area (Å²) in [6, 6.07) is 14.6. The Labute approximate surface area is 173 Å². The molecule has 1 heterocycles. The fourth-order valence-electron chi connectivity index (χ4n) is 2.82. The Morgan fingerprint density at radius 2 is 1.75 bits per heavy atom. The van der Waals surface area contributed by atoms with Crippen molar-refractivity contribution < 1.29 is 9.47 Å². The van der Waals surface area contributed by atoms with Crippen molar-refractivity contribution in [3.63, 3.8) is 0 Å². The first kappa shape index (κ1) is 21.8. The van der Waals surface area contributed by atoms with Gasteiger partial charge in [0.1, 0.15) is 0 Å². The predicted octanol–water partition coefficient (Wildman–Crippen LogP) is 4.77. The highest BCUT2D eigenvalue weighted by atomic mass is 35.5. The van der Waals surface area contributed by atoms with Crippen LogP contribution in [0.3, 0.4) is 0 Å². The number of nitrogens with zero attached hydrogens (tertiary/aromatic N) is 2. The molecule has 0 aliphatic carbocycles. The maximum absolute atomic E-state index is 5.86. The Hall–Kier alpha value is -2.50. The van der Waals surface area contributed by atoms with Crippen molar-refractivity contribution in [3.05, 3.63) is 72.3 Å². The predicted molar refractivity (Wildman–Crippen MR) is 115 cm³/mol. The fraction of sp³-hybridized carbons (Fsp3) is 0.318. The molecule has 0 bridgehead atoms. The van der Waals surface area contributed by atoms with Crippen molar-refractivity contribution in [1.29, 1.82) is 0 Å². The summed E-state index contributed by atoms with van der Waals surface area (Å²) in [5.74, 6) is 1.60. The Morgan fingerprint density at radius 3 is 2.43 bits per heavy atom. The number of methoxy groups -OCH3 is 1. The van der Waals surface area contributed by atoms with Crippen LogP contribution in [0, 0.1) is 0 Å². The highest BCUT2D eigenvalue weighted by Gasteiger charge is 2.06. The number of hydrogen-bond donors (Lipinski definition) is 1. The monoisotopic (exact) mass is 401 g/mol. The maximum atomic E-state index is 5.86. The third-order valence-corrected chi connectivity index (χ3v) is 4.38. The average molecular weight is 402 g/mol. The minimum atomic E-state index is 0. The number of ether oxygens (including phenoxy) is 2. The zero-order valence-corrected chi connectivity index (χ0v) is 17.2. The van der Waals surface area contributed by atoms with Gasteiger partial charge in [0.25, 0.3) is 0 Å². The molecule has 0 saturated carbocycles. The molecule has 150 valence electrons. The molecule has 3 aromatic rings. The Balaban J connectivity index is 0.00000280. The van der Waals surface area contributed by atoms with E-state index in [0.29, 0.717) is 6.61 Å². The van der Waals surface area contributed by atoms with Gasteiger partial charge in [-0.25, -0.2) is 4.98 Å². The molecule has 0 unspecified atom stereocenters. The number of nitrogens with one attached hydrogen (secondary N) is 1. The van der Waals surface area contributed by atoms with Gasteiger partial charge in [-0.05, 0) is 41.8 Å². The second-order valence-corrected chi connectivity index (χ2v) is 6.43. The van der Waals surface area contributed by atoms with Gasteiger partial charge in [-0.3, -0.25) is 0 Å². The first-order valence-electron chi connectivity index (χ1n) is 9.38. The lowest BCUT2D eigenvalue weighted by Gasteiger charge is -2.13. The van der Waals surface area contributed by atoms with E-state index in [1.807, 2.05) is 16.8 Å². The lowest BCUT2D eigenvalue weighted by Crippen LogP contribution is -2.13. The molecular weight excluding hydrogens is 374 g/mol. The molecule has 0 fully saturated rings. The van der Waals surface area contributed by atoms with Gasteiger partial charge in [0.15, 0.2) is 11.5 Å². The summed E-state index contributed by atoms with van der Waals surface area (Å²) in [4.78, 5) is 4.08. The number of imidazole rings is 1. The second-order valence-electron chi connectivity index (χ2n) is 6.43. The number of rotatable bonds is 10. The van der Waals surface area contributed by atoms with Crippen molar-refractivity contribution in [2.45, 2.75) is 32.9 Å². The van der Waals surface area contributed by atoms with Crippen LogP contribution in [-0.4, -0.2) is 23.3 Å². The van der Waals surface area contributed by atoms with E-state index in [1.54, 1.807) is 19.6 Å². The van der Waals surface area contributed by atoms with Crippen LogP contribution in [0.25, 0.3) is 5.69 Å². The van der Waals surface area contributed by atoms with Gasteiger partial charge in [0.05, 0.1) is 20.0 Å². The van der Waals surface area contributed by atoms with Gasteiger partial charge in [-0.1, -0.05) is 31.5 Å². The lowest BCUT2D eigenvalue weighted by atomic mass is 10.1. The summed E-state index contributed by atoms with van der Waals surface area (Å²) in [5, 5.41) is 3.49. The van der Waals surface area contributed by atoms with Crippen molar-refractivity contribution in [3.8, 4) is 17.2 Å². The highest BCUT2D eigenvalue weighted by Crippen LogP contribution is 2.28. The van der Waals surface area contributed by atoms with Crippen LogP contribution < -0.4 is 14.8 Å². The Kier molecular flexibility index (Phi) is 8.85. The summed E-state index contributed by atoms with van der Waals surface area (Å²) >= 11 is 0. The van der Waals surface area contributed by atoms with Crippen LogP contribution in [0.5, 0.6) is 11.5 Å². The lowest BCUT2D eigenvalue weighted by molar-refractivity contribution is 0.288. The van der Waals surface area contributed by atoms with Crippen molar-refractivity contribution >= 4 is 12.4 Å². The Morgan fingerprint density at radius 1 is 1.00 bits per heavy atom. The fourth-order valence-corrected chi connectivity index (χ4v) is 2.82. The molecule has 0 atom stereocenters. The minimum Gasteiger partial charge on any atom is -0.493 e. The molecule has 28 heavy (non-hydrogen) atoms. The summed E-state index contributed by atoms with van der Waals surface area (Å²) in [7, 11) is 1.67. The van der Waals surface area contributed by atoms with Gasteiger partial charge in [-0.15, -0.1) is 12.4 Å². The maximum Gasteiger partial charge on any atom is 0.161 e. The van der Waals surface area contributed by atoms with Crippen LogP contribution in [0.2, 0.25) is 0 Å². The average Bonchev–Trinajstić information content (AvgIpc) is 3.24. The molecule has 3 rings (SSSR count). The van der Waals surface area contributed by atoms with Crippen molar-refractivity contribution in [2.75, 3.05) is 13.7 Å². The van der Waals surface area contributed by atoms with Crippen molar-refractivity contribution in [2.24, 2.45) is 0 Å². The molecule has 1 N–H and O–H groups in total. The third-order valence-electron chi connectivity index (χ3n) is 4.38. The zero-order valence-electron chi connectivity index (χ0n) is 16.4. The first-order valence-corrected chi connectivity index (χ1v) is 9.38. The quantitative estimate of drug-likeness (QED) is 0.497. The highest BCUT2D eigenvalue weighted by molar-refractivity contribution is 5.85. The standard InChI is InChI=1S/C22H27N3O2.ClH/c1-3-4-13-27-22-14-19(7-10-21(22)26-2)16-24-15-18-5-8-20(9-6-18)25-12-11-23-17-25;/h5-12,14,17,24H,3-4,13,15-16H2,1-2H3;1H. The Bertz CT molecular complexity index is 820. The van der Waals surface area contributed by atoms with Gasteiger partial charge >= 0.3 is 0 Å². The number of halogens is 1. The van der Waals surface area contributed by atoms with E-state index in [-0.39, 0.29) is 12.4 Å².